The van der Waals surface area contributed by atoms with Gasteiger partial charge in [0.15, 0.2) is 5.69 Å². The summed E-state index contributed by atoms with van der Waals surface area (Å²) in [6, 6.07) is 21.2. The van der Waals surface area contributed by atoms with Gasteiger partial charge in [0.1, 0.15) is 17.2 Å². The molecule has 140 valence electrons. The van der Waals surface area contributed by atoms with Gasteiger partial charge in [0.05, 0.1) is 5.69 Å². The van der Waals surface area contributed by atoms with Crippen LogP contribution < -0.4 is 0 Å². The van der Waals surface area contributed by atoms with Crippen LogP contribution in [0, 0.1) is 5.82 Å². The van der Waals surface area contributed by atoms with E-state index in [0.29, 0.717) is 22.9 Å². The maximum atomic E-state index is 14.4. The van der Waals surface area contributed by atoms with E-state index in [0.717, 1.165) is 5.56 Å². The first-order chi connectivity index (χ1) is 14.3. The van der Waals surface area contributed by atoms with E-state index < -0.39 is 5.82 Å². The Morgan fingerprint density at radius 2 is 1.66 bits per heavy atom. The highest BCUT2D eigenvalue weighted by Gasteiger charge is 2.24. The highest BCUT2D eigenvalue weighted by atomic mass is 19.1. The second-order valence-electron chi connectivity index (χ2n) is 6.15. The Hall–Kier alpha value is -4.20. The maximum Gasteiger partial charge on any atom is 0.281 e. The monoisotopic (exact) mass is 384 g/mol. The van der Waals surface area contributed by atoms with Gasteiger partial charge in [0.2, 0.25) is 5.82 Å². The molecule has 0 saturated carbocycles. The van der Waals surface area contributed by atoms with Crippen LogP contribution in [0.15, 0.2) is 83.5 Å². The summed E-state index contributed by atoms with van der Waals surface area (Å²) in [6.07, 6.45) is 1.64. The lowest BCUT2D eigenvalue weighted by molar-refractivity contribution is 0.431. The largest absolute Gasteiger partial charge is 0.332 e. The summed E-state index contributed by atoms with van der Waals surface area (Å²) in [7, 11) is 0. The topological polar surface area (TPSA) is 82.5 Å². The number of nitrogens with zero attached hydrogens (tertiary/aromatic N) is 6. The second-order valence-corrected chi connectivity index (χ2v) is 6.15. The highest BCUT2D eigenvalue weighted by Crippen LogP contribution is 2.31. The Labute approximate surface area is 164 Å². The first-order valence-electron chi connectivity index (χ1n) is 8.83. The quantitative estimate of drug-likeness (QED) is 0.462. The van der Waals surface area contributed by atoms with Crippen molar-refractivity contribution in [1.29, 1.82) is 0 Å². The van der Waals surface area contributed by atoms with E-state index in [-0.39, 0.29) is 11.6 Å². The van der Waals surface area contributed by atoms with Crippen LogP contribution in [0.4, 0.5) is 4.39 Å². The molecule has 0 saturated heterocycles. The SMILES string of the molecule is Fc1ccccc1-n1nnc(-c2nc(-c3ccccc3)no2)c1-c1ccccn1. The number of benzene rings is 2. The van der Waals surface area contributed by atoms with Crippen LogP contribution in [0.3, 0.4) is 0 Å². The summed E-state index contributed by atoms with van der Waals surface area (Å²) < 4.78 is 21.3. The van der Waals surface area contributed by atoms with Gasteiger partial charge in [-0.05, 0) is 24.3 Å². The van der Waals surface area contributed by atoms with E-state index in [2.05, 4.69) is 25.4 Å². The summed E-state index contributed by atoms with van der Waals surface area (Å²) in [4.78, 5) is 8.83. The summed E-state index contributed by atoms with van der Waals surface area (Å²) in [6.45, 7) is 0. The van der Waals surface area contributed by atoms with Crippen LogP contribution >= 0.6 is 0 Å². The standard InChI is InChI=1S/C21H13FN6O/c22-15-10-4-5-12-17(15)28-19(16-11-6-7-13-23-16)18(25-27-28)21-24-20(26-29-21)14-8-2-1-3-9-14/h1-13H. The number of hydrogen-bond acceptors (Lipinski definition) is 6. The van der Waals surface area contributed by atoms with Gasteiger partial charge in [-0.15, -0.1) is 5.10 Å². The second kappa shape index (κ2) is 7.08. The zero-order chi connectivity index (χ0) is 19.6. The van der Waals surface area contributed by atoms with Crippen LogP contribution in [0.25, 0.3) is 40.0 Å². The van der Waals surface area contributed by atoms with Crippen LogP contribution in [0.2, 0.25) is 0 Å². The average Bonchev–Trinajstić information content (AvgIpc) is 3.43. The molecule has 0 aliphatic heterocycles. The Morgan fingerprint density at radius 3 is 2.45 bits per heavy atom. The molecule has 0 bridgehead atoms. The summed E-state index contributed by atoms with van der Waals surface area (Å²) in [5.74, 6) is 0.164. The van der Waals surface area contributed by atoms with Crippen molar-refractivity contribution >= 4 is 0 Å². The highest BCUT2D eigenvalue weighted by molar-refractivity contribution is 5.74. The van der Waals surface area contributed by atoms with E-state index in [1.807, 2.05) is 36.4 Å². The van der Waals surface area contributed by atoms with Crippen molar-refractivity contribution in [2.45, 2.75) is 0 Å². The minimum Gasteiger partial charge on any atom is -0.332 e. The smallest absolute Gasteiger partial charge is 0.281 e. The fraction of sp³-hybridized carbons (Fsp3) is 0. The number of aromatic nitrogens is 6. The van der Waals surface area contributed by atoms with Crippen molar-refractivity contribution in [3.63, 3.8) is 0 Å². The Balaban J connectivity index is 1.69. The lowest BCUT2D eigenvalue weighted by Crippen LogP contribution is -2.03. The normalized spacial score (nSPS) is 10.9. The molecule has 2 aromatic carbocycles. The Bertz CT molecular complexity index is 1270. The molecule has 7 nitrogen and oxygen atoms in total. The summed E-state index contributed by atoms with van der Waals surface area (Å²) >= 11 is 0. The van der Waals surface area contributed by atoms with Gasteiger partial charge in [-0.3, -0.25) is 4.98 Å². The fourth-order valence-corrected chi connectivity index (χ4v) is 2.97. The van der Waals surface area contributed by atoms with Crippen molar-refractivity contribution in [2.75, 3.05) is 0 Å². The third-order valence-electron chi connectivity index (χ3n) is 4.32. The summed E-state index contributed by atoms with van der Waals surface area (Å²) in [5.41, 5.74) is 2.38. The van der Waals surface area contributed by atoms with Gasteiger partial charge >= 0.3 is 0 Å². The van der Waals surface area contributed by atoms with Crippen molar-refractivity contribution in [1.82, 2.24) is 30.1 Å². The molecule has 0 spiro atoms. The van der Waals surface area contributed by atoms with Gasteiger partial charge in [0.25, 0.3) is 5.89 Å². The van der Waals surface area contributed by atoms with Gasteiger partial charge in [-0.2, -0.15) is 4.98 Å². The van der Waals surface area contributed by atoms with Crippen LogP contribution in [-0.2, 0) is 0 Å². The zero-order valence-electron chi connectivity index (χ0n) is 15.0. The fourth-order valence-electron chi connectivity index (χ4n) is 2.97. The molecule has 5 aromatic rings. The van der Waals surface area contributed by atoms with Crippen molar-refractivity contribution in [3.05, 3.63) is 84.8 Å². The van der Waals surface area contributed by atoms with E-state index in [1.165, 1.54) is 10.7 Å². The van der Waals surface area contributed by atoms with Gasteiger partial charge in [0, 0.05) is 11.8 Å². The lowest BCUT2D eigenvalue weighted by atomic mass is 10.2. The first-order valence-corrected chi connectivity index (χ1v) is 8.83. The number of rotatable bonds is 4. The molecule has 3 aromatic heterocycles. The molecular weight excluding hydrogens is 371 g/mol. The van der Waals surface area contributed by atoms with E-state index in [1.54, 1.807) is 36.5 Å². The van der Waals surface area contributed by atoms with E-state index in [4.69, 9.17) is 4.52 Å². The third kappa shape index (κ3) is 3.06. The van der Waals surface area contributed by atoms with Gasteiger partial charge in [-0.1, -0.05) is 58.9 Å². The molecule has 0 unspecified atom stereocenters. The number of halogens is 1. The third-order valence-corrected chi connectivity index (χ3v) is 4.32. The number of para-hydroxylation sites is 1. The Morgan fingerprint density at radius 1 is 0.862 bits per heavy atom. The van der Waals surface area contributed by atoms with Crippen molar-refractivity contribution in [2.24, 2.45) is 0 Å². The molecule has 0 aliphatic carbocycles. The molecule has 8 heteroatoms. The molecule has 0 fully saturated rings. The molecule has 5 rings (SSSR count). The van der Waals surface area contributed by atoms with Crippen molar-refractivity contribution < 1.29 is 8.91 Å². The molecule has 0 radical (unpaired) electrons. The minimum atomic E-state index is -0.434. The van der Waals surface area contributed by atoms with Crippen molar-refractivity contribution in [3.8, 4) is 40.0 Å². The number of pyridine rings is 1. The molecule has 29 heavy (non-hydrogen) atoms. The maximum absolute atomic E-state index is 14.4. The van der Waals surface area contributed by atoms with Gasteiger partial charge in [-0.25, -0.2) is 9.07 Å². The minimum absolute atomic E-state index is 0.173. The van der Waals surface area contributed by atoms with Crippen LogP contribution in [0.1, 0.15) is 0 Å². The first kappa shape index (κ1) is 16.9. The number of hydrogen-bond donors (Lipinski definition) is 0. The molecule has 0 N–H and O–H groups in total. The molecule has 0 aliphatic rings. The Kier molecular flexibility index (Phi) is 4.14. The van der Waals surface area contributed by atoms with Crippen LogP contribution in [-0.4, -0.2) is 30.1 Å². The summed E-state index contributed by atoms with van der Waals surface area (Å²) in [5, 5.41) is 12.4. The zero-order valence-corrected chi connectivity index (χ0v) is 15.0. The van der Waals surface area contributed by atoms with E-state index in [9.17, 15) is 4.39 Å². The molecule has 0 amide bonds. The predicted octanol–water partition coefficient (Wildman–Crippen LogP) is 4.19. The lowest BCUT2D eigenvalue weighted by Gasteiger charge is -2.07. The van der Waals surface area contributed by atoms with Crippen LogP contribution in [0.5, 0.6) is 0 Å². The molecular formula is C21H13FN6O. The van der Waals surface area contributed by atoms with E-state index >= 15 is 0 Å². The molecule has 0 atom stereocenters. The average molecular weight is 384 g/mol. The van der Waals surface area contributed by atoms with Gasteiger partial charge < -0.3 is 4.52 Å². The molecule has 3 heterocycles. The predicted molar refractivity (Wildman–Crippen MR) is 103 cm³/mol.